The van der Waals surface area contributed by atoms with Gasteiger partial charge in [-0.1, -0.05) is 65.3 Å². The van der Waals surface area contributed by atoms with Crippen LogP contribution in [0.5, 0.6) is 0 Å². The van der Waals surface area contributed by atoms with Gasteiger partial charge in [-0.15, -0.1) is 0 Å². The molecule has 0 radical (unpaired) electrons. The molecule has 2 amide bonds. The van der Waals surface area contributed by atoms with Gasteiger partial charge in [-0.25, -0.2) is 10.0 Å². The van der Waals surface area contributed by atoms with Crippen LogP contribution in [-0.4, -0.2) is 46.5 Å². The van der Waals surface area contributed by atoms with E-state index in [0.717, 1.165) is 19.3 Å². The predicted molar refractivity (Wildman–Crippen MR) is 157 cm³/mol. The first-order valence-corrected chi connectivity index (χ1v) is 15.9. The van der Waals surface area contributed by atoms with Crippen molar-refractivity contribution in [1.29, 1.82) is 0 Å². The Bertz CT molecular complexity index is 1120. The lowest BCUT2D eigenvalue weighted by atomic mass is 9.61. The van der Waals surface area contributed by atoms with Gasteiger partial charge in [-0.05, 0) is 91.1 Å². The summed E-state index contributed by atoms with van der Waals surface area (Å²) < 4.78 is 5.78. The molecule has 1 saturated heterocycles. The molecule has 3 aliphatic carbocycles. The second-order valence-electron chi connectivity index (χ2n) is 13.8. The summed E-state index contributed by atoms with van der Waals surface area (Å²) in [6.45, 7) is 14.1. The number of rotatable bonds is 7. The molecule has 3 fully saturated rings. The molecule has 7 atom stereocenters. The lowest BCUT2D eigenvalue weighted by Gasteiger charge is -2.46. The molecule has 40 heavy (non-hydrogen) atoms. The van der Waals surface area contributed by atoms with Gasteiger partial charge in [0.25, 0.3) is 11.8 Å². The van der Waals surface area contributed by atoms with Crippen molar-refractivity contribution in [3.8, 4) is 0 Å². The standard InChI is InChI=1S/C34H50N2O4/c1-7-33(39)40-26-13-12-25-20-35-31(37)19-32(38)36(35)30(27(25)18-26)17-24-9-8-16-34(6)28(14-15-29(24)34)23(5)11-10-22(4)21(2)3/h10-11,17,21-23,26,28-30H,7-9,12-16,18-20H2,1-6H3/b11-10+,24-17+/t22-,23+,26-,28?,29?,30-,34?/m0/s1. The highest BCUT2D eigenvalue weighted by molar-refractivity contribution is 6.03. The maximum Gasteiger partial charge on any atom is 0.305 e. The average molecular weight is 551 g/mol. The van der Waals surface area contributed by atoms with E-state index in [-0.39, 0.29) is 41.8 Å². The van der Waals surface area contributed by atoms with E-state index in [2.05, 4.69) is 52.8 Å². The summed E-state index contributed by atoms with van der Waals surface area (Å²) in [6.07, 6.45) is 15.6. The van der Waals surface area contributed by atoms with Crippen LogP contribution in [0, 0.1) is 35.0 Å². The zero-order valence-corrected chi connectivity index (χ0v) is 25.6. The first kappa shape index (κ1) is 29.1. The number of fused-ring (bicyclic) bond motifs is 2. The molecule has 0 aromatic heterocycles. The van der Waals surface area contributed by atoms with Gasteiger partial charge in [-0.3, -0.25) is 14.4 Å². The number of ether oxygens (including phenoxy) is 1. The van der Waals surface area contributed by atoms with Gasteiger partial charge in [0.2, 0.25) is 0 Å². The molecule has 0 spiro atoms. The highest BCUT2D eigenvalue weighted by Crippen LogP contribution is 2.60. The number of hydrogen-bond donors (Lipinski definition) is 0. The van der Waals surface area contributed by atoms with Crippen molar-refractivity contribution in [3.63, 3.8) is 0 Å². The van der Waals surface area contributed by atoms with Crippen molar-refractivity contribution in [2.75, 3.05) is 6.54 Å². The minimum absolute atomic E-state index is 0.0453. The van der Waals surface area contributed by atoms with E-state index in [1.165, 1.54) is 42.4 Å². The molecule has 5 rings (SSSR count). The number of allylic oxidation sites excluding steroid dienone is 3. The van der Waals surface area contributed by atoms with Crippen molar-refractivity contribution in [2.45, 2.75) is 118 Å². The summed E-state index contributed by atoms with van der Waals surface area (Å²) in [5.41, 5.74) is 4.18. The van der Waals surface area contributed by atoms with E-state index in [1.54, 1.807) is 10.0 Å². The Labute approximate surface area is 241 Å². The Balaban J connectivity index is 1.44. The third-order valence-electron chi connectivity index (χ3n) is 11.1. The van der Waals surface area contributed by atoms with E-state index >= 15 is 0 Å². The van der Waals surface area contributed by atoms with Gasteiger partial charge in [0, 0.05) is 12.8 Å². The molecule has 0 N–H and O–H groups in total. The first-order chi connectivity index (χ1) is 19.0. The second kappa shape index (κ2) is 11.5. The third-order valence-corrected chi connectivity index (χ3v) is 11.1. The van der Waals surface area contributed by atoms with Crippen molar-refractivity contribution >= 4 is 17.8 Å². The van der Waals surface area contributed by atoms with Crippen LogP contribution in [0.2, 0.25) is 0 Å². The summed E-state index contributed by atoms with van der Waals surface area (Å²) in [5, 5.41) is 3.44. The second-order valence-corrected chi connectivity index (χ2v) is 13.8. The molecular formula is C34H50N2O4. The van der Waals surface area contributed by atoms with E-state index < -0.39 is 0 Å². The van der Waals surface area contributed by atoms with Crippen LogP contribution in [0.1, 0.15) is 106 Å². The summed E-state index contributed by atoms with van der Waals surface area (Å²) in [4.78, 5) is 38.1. The summed E-state index contributed by atoms with van der Waals surface area (Å²) in [7, 11) is 0. The average Bonchev–Trinajstić information content (AvgIpc) is 3.42. The maximum atomic E-state index is 13.2. The zero-order valence-electron chi connectivity index (χ0n) is 25.6. The summed E-state index contributed by atoms with van der Waals surface area (Å²) in [6, 6.07) is -0.244. The predicted octanol–water partition coefficient (Wildman–Crippen LogP) is 6.77. The number of hydrogen-bond acceptors (Lipinski definition) is 4. The molecule has 2 heterocycles. The Morgan fingerprint density at radius 2 is 1.85 bits per heavy atom. The number of amides is 2. The monoisotopic (exact) mass is 550 g/mol. The smallest absolute Gasteiger partial charge is 0.305 e. The number of esters is 1. The van der Waals surface area contributed by atoms with E-state index in [9.17, 15) is 14.4 Å². The Kier molecular flexibility index (Phi) is 8.37. The van der Waals surface area contributed by atoms with Crippen molar-refractivity contribution < 1.29 is 19.1 Å². The van der Waals surface area contributed by atoms with Gasteiger partial charge < -0.3 is 4.74 Å². The highest BCUT2D eigenvalue weighted by Gasteiger charge is 2.52. The molecule has 0 aromatic carbocycles. The molecule has 6 heteroatoms. The fraction of sp³-hybridized carbons (Fsp3) is 0.735. The van der Waals surface area contributed by atoms with Gasteiger partial charge in [-0.2, -0.15) is 0 Å². The molecule has 0 aromatic rings. The highest BCUT2D eigenvalue weighted by atomic mass is 16.5. The number of hydrazine groups is 1. The van der Waals surface area contributed by atoms with Crippen LogP contribution in [-0.2, 0) is 19.1 Å². The minimum Gasteiger partial charge on any atom is -0.462 e. The normalized spacial score (nSPS) is 34.9. The van der Waals surface area contributed by atoms with E-state index in [1.807, 2.05) is 6.92 Å². The molecule has 2 saturated carbocycles. The summed E-state index contributed by atoms with van der Waals surface area (Å²) in [5.74, 6) is 2.57. The van der Waals surface area contributed by atoms with Crippen LogP contribution < -0.4 is 0 Å². The number of carbonyl (C=O) groups is 3. The van der Waals surface area contributed by atoms with Crippen LogP contribution >= 0.6 is 0 Å². The molecule has 2 aliphatic heterocycles. The molecule has 0 bridgehead atoms. The van der Waals surface area contributed by atoms with Gasteiger partial charge in [0.05, 0.1) is 12.6 Å². The summed E-state index contributed by atoms with van der Waals surface area (Å²) >= 11 is 0. The zero-order chi connectivity index (χ0) is 28.8. The van der Waals surface area contributed by atoms with Crippen LogP contribution in [0.15, 0.2) is 34.9 Å². The SMILES string of the molecule is CCC(=O)O[C@H]1CCC2=C(C1)[C@H](/C=C1\CCCC3(C)C1CCC3[C@H](C)/C=C/[C@H](C)C(C)C)N1C(=O)CC(=O)N1C2. The molecule has 5 aliphatic rings. The van der Waals surface area contributed by atoms with Gasteiger partial charge in [0.15, 0.2) is 0 Å². The fourth-order valence-corrected chi connectivity index (χ4v) is 8.45. The van der Waals surface area contributed by atoms with E-state index in [0.29, 0.717) is 49.0 Å². The first-order valence-electron chi connectivity index (χ1n) is 15.9. The van der Waals surface area contributed by atoms with Crippen molar-refractivity contribution in [1.82, 2.24) is 10.0 Å². The lowest BCUT2D eigenvalue weighted by Crippen LogP contribution is -2.53. The maximum absolute atomic E-state index is 13.2. The minimum atomic E-state index is -0.244. The Morgan fingerprint density at radius 1 is 1.07 bits per heavy atom. The van der Waals surface area contributed by atoms with Crippen molar-refractivity contribution in [2.24, 2.45) is 35.0 Å². The van der Waals surface area contributed by atoms with Crippen LogP contribution in [0.4, 0.5) is 0 Å². The van der Waals surface area contributed by atoms with Gasteiger partial charge >= 0.3 is 5.97 Å². The lowest BCUT2D eigenvalue weighted by molar-refractivity contribution is -0.152. The topological polar surface area (TPSA) is 66.9 Å². The fourth-order valence-electron chi connectivity index (χ4n) is 8.45. The third kappa shape index (κ3) is 5.32. The Hall–Kier alpha value is -2.37. The van der Waals surface area contributed by atoms with E-state index in [4.69, 9.17) is 4.74 Å². The molecule has 220 valence electrons. The van der Waals surface area contributed by atoms with Crippen molar-refractivity contribution in [3.05, 3.63) is 34.9 Å². The van der Waals surface area contributed by atoms with Crippen LogP contribution in [0.25, 0.3) is 0 Å². The molecule has 3 unspecified atom stereocenters. The quantitative estimate of drug-likeness (QED) is 0.199. The largest absolute Gasteiger partial charge is 0.462 e. The molecular weight excluding hydrogens is 500 g/mol. The molecule has 6 nitrogen and oxygen atoms in total. The van der Waals surface area contributed by atoms with Crippen LogP contribution in [0.3, 0.4) is 0 Å². The number of nitrogens with zero attached hydrogens (tertiary/aromatic N) is 2. The number of carbonyl (C=O) groups excluding carboxylic acids is 3. The Morgan fingerprint density at radius 3 is 2.58 bits per heavy atom. The van der Waals surface area contributed by atoms with Gasteiger partial charge in [0.1, 0.15) is 12.5 Å².